The van der Waals surface area contributed by atoms with Crippen molar-refractivity contribution in [3.05, 3.63) is 24.3 Å². The van der Waals surface area contributed by atoms with Crippen molar-refractivity contribution in [2.45, 2.75) is 45.6 Å². The Bertz CT molecular complexity index is 978. The van der Waals surface area contributed by atoms with Crippen LogP contribution in [0.15, 0.2) is 24.3 Å². The highest BCUT2D eigenvalue weighted by Gasteiger charge is 2.51. The summed E-state index contributed by atoms with van der Waals surface area (Å²) >= 11 is 1.39. The Morgan fingerprint density at radius 3 is 2.45 bits per heavy atom. The average molecular weight is 444 g/mol. The predicted molar refractivity (Wildman–Crippen MR) is 115 cm³/mol. The lowest BCUT2D eigenvalue weighted by Gasteiger charge is -2.22. The summed E-state index contributed by atoms with van der Waals surface area (Å²) in [6.45, 7) is 3.19. The summed E-state index contributed by atoms with van der Waals surface area (Å²) in [5, 5.41) is 0.534. The Kier molecular flexibility index (Phi) is 6.04. The van der Waals surface area contributed by atoms with Gasteiger partial charge in [0.2, 0.25) is 11.8 Å². The predicted octanol–water partition coefficient (Wildman–Crippen LogP) is 2.76. The van der Waals surface area contributed by atoms with Crippen molar-refractivity contribution < 1.29 is 23.9 Å². The van der Waals surface area contributed by atoms with Crippen LogP contribution in [0.4, 0.5) is 5.13 Å². The van der Waals surface area contributed by atoms with Gasteiger partial charge in [0, 0.05) is 6.54 Å². The van der Waals surface area contributed by atoms with E-state index >= 15 is 0 Å². The summed E-state index contributed by atoms with van der Waals surface area (Å²) in [7, 11) is 0. The van der Waals surface area contributed by atoms with Gasteiger partial charge in [-0.25, -0.2) is 9.78 Å². The van der Waals surface area contributed by atoms with Gasteiger partial charge in [0.15, 0.2) is 11.7 Å². The number of amides is 3. The Morgan fingerprint density at radius 1 is 1.19 bits per heavy atom. The fourth-order valence-corrected chi connectivity index (χ4v) is 5.45. The van der Waals surface area contributed by atoms with Crippen molar-refractivity contribution in [2.75, 3.05) is 18.1 Å². The van der Waals surface area contributed by atoms with Gasteiger partial charge in [0.05, 0.1) is 22.1 Å². The number of hydrogen-bond acceptors (Lipinski definition) is 7. The number of hydrogen-bond donors (Lipinski definition) is 0. The maximum atomic E-state index is 12.7. The van der Waals surface area contributed by atoms with Crippen LogP contribution in [-0.2, 0) is 23.9 Å². The quantitative estimate of drug-likeness (QED) is 0.503. The molecule has 0 radical (unpaired) electrons. The van der Waals surface area contributed by atoms with Crippen LogP contribution >= 0.6 is 11.3 Å². The van der Waals surface area contributed by atoms with Crippen molar-refractivity contribution >= 4 is 50.4 Å². The first-order valence-corrected chi connectivity index (χ1v) is 11.4. The Balaban J connectivity index is 1.39. The van der Waals surface area contributed by atoms with Crippen LogP contribution in [-0.4, -0.2) is 52.8 Å². The number of rotatable bonds is 6. The van der Waals surface area contributed by atoms with E-state index in [0.29, 0.717) is 24.5 Å². The van der Waals surface area contributed by atoms with Gasteiger partial charge in [-0.1, -0.05) is 36.3 Å². The maximum Gasteiger partial charge on any atom is 0.329 e. The van der Waals surface area contributed by atoms with Gasteiger partial charge in [-0.3, -0.25) is 24.2 Å². The van der Waals surface area contributed by atoms with Crippen LogP contribution < -0.4 is 4.90 Å². The van der Waals surface area contributed by atoms with Gasteiger partial charge < -0.3 is 4.74 Å². The minimum atomic E-state index is -1.05. The number of ether oxygens (including phenoxy) is 1. The molecule has 0 bridgehead atoms. The van der Waals surface area contributed by atoms with E-state index in [4.69, 9.17) is 4.74 Å². The zero-order valence-corrected chi connectivity index (χ0v) is 18.4. The zero-order chi connectivity index (χ0) is 22.1. The molecule has 8 nitrogen and oxygen atoms in total. The van der Waals surface area contributed by atoms with E-state index in [2.05, 4.69) is 4.98 Å². The van der Waals surface area contributed by atoms with Crippen molar-refractivity contribution in [3.8, 4) is 0 Å². The van der Waals surface area contributed by atoms with Crippen molar-refractivity contribution in [1.82, 2.24) is 9.88 Å². The summed E-state index contributed by atoms with van der Waals surface area (Å²) in [5.74, 6) is -2.41. The van der Waals surface area contributed by atoms with E-state index in [-0.39, 0.29) is 23.7 Å². The topological polar surface area (TPSA) is 96.9 Å². The van der Waals surface area contributed by atoms with Gasteiger partial charge in [0.1, 0.15) is 6.04 Å². The first-order valence-electron chi connectivity index (χ1n) is 10.6. The molecule has 2 aliphatic rings. The number of fused-ring (bicyclic) bond motifs is 2. The van der Waals surface area contributed by atoms with E-state index in [0.717, 1.165) is 28.0 Å². The molecule has 3 atom stereocenters. The SMILES string of the molecule is CCN(C(=O)COC(=O)C(C)N1C(=O)C2CCCCC2C1=O)c1nc2ccccc2s1. The molecule has 4 rings (SSSR count). The molecular weight excluding hydrogens is 418 g/mol. The number of carbonyl (C=O) groups excluding carboxylic acids is 4. The monoisotopic (exact) mass is 443 g/mol. The largest absolute Gasteiger partial charge is 0.454 e. The summed E-state index contributed by atoms with van der Waals surface area (Å²) in [6.07, 6.45) is 3.19. The number of thiazole rings is 1. The van der Waals surface area contributed by atoms with Gasteiger partial charge in [-0.05, 0) is 38.8 Å². The molecule has 2 fully saturated rings. The smallest absolute Gasteiger partial charge is 0.329 e. The van der Waals surface area contributed by atoms with Crippen molar-refractivity contribution in [2.24, 2.45) is 11.8 Å². The van der Waals surface area contributed by atoms with Gasteiger partial charge >= 0.3 is 5.97 Å². The third-order valence-electron chi connectivity index (χ3n) is 6.07. The number of carbonyl (C=O) groups is 4. The van der Waals surface area contributed by atoms with Gasteiger partial charge in [0.25, 0.3) is 5.91 Å². The molecule has 3 unspecified atom stereocenters. The summed E-state index contributed by atoms with van der Waals surface area (Å²) < 4.78 is 6.17. The van der Waals surface area contributed by atoms with Crippen molar-refractivity contribution in [3.63, 3.8) is 0 Å². The Morgan fingerprint density at radius 2 is 1.84 bits per heavy atom. The maximum absolute atomic E-state index is 12.7. The van der Waals surface area contributed by atoms with Gasteiger partial charge in [-0.2, -0.15) is 0 Å². The number of likely N-dealkylation sites (N-methyl/N-ethyl adjacent to an activating group) is 1. The second-order valence-electron chi connectivity index (χ2n) is 7.93. The molecule has 1 saturated carbocycles. The lowest BCUT2D eigenvalue weighted by molar-refractivity contribution is -0.159. The molecule has 164 valence electrons. The zero-order valence-electron chi connectivity index (χ0n) is 17.6. The van der Waals surface area contributed by atoms with Crippen LogP contribution in [0.5, 0.6) is 0 Å². The molecule has 1 aromatic heterocycles. The third-order valence-corrected chi connectivity index (χ3v) is 7.13. The van der Waals surface area contributed by atoms with Crippen LogP contribution in [0.1, 0.15) is 39.5 Å². The number of esters is 1. The number of para-hydroxylation sites is 1. The molecule has 1 aliphatic heterocycles. The van der Waals surface area contributed by atoms with E-state index in [1.807, 2.05) is 31.2 Å². The minimum absolute atomic E-state index is 0.296. The third kappa shape index (κ3) is 3.94. The highest BCUT2D eigenvalue weighted by Crippen LogP contribution is 2.39. The summed E-state index contributed by atoms with van der Waals surface area (Å²) in [5.41, 5.74) is 0.798. The Hall–Kier alpha value is -2.81. The van der Waals surface area contributed by atoms with E-state index in [9.17, 15) is 19.2 Å². The summed E-state index contributed by atoms with van der Waals surface area (Å²) in [6, 6.07) is 6.54. The number of aromatic nitrogens is 1. The number of benzene rings is 1. The molecule has 0 spiro atoms. The molecule has 0 N–H and O–H groups in total. The van der Waals surface area contributed by atoms with Crippen LogP contribution in [0.25, 0.3) is 10.2 Å². The molecule has 1 saturated heterocycles. The Labute approximate surface area is 184 Å². The van der Waals surface area contributed by atoms with Crippen molar-refractivity contribution in [1.29, 1.82) is 0 Å². The number of nitrogens with zero attached hydrogens (tertiary/aromatic N) is 3. The lowest BCUT2D eigenvalue weighted by Crippen LogP contribution is -2.45. The normalized spacial score (nSPS) is 21.8. The fraction of sp³-hybridized carbons (Fsp3) is 0.500. The fourth-order valence-electron chi connectivity index (χ4n) is 4.40. The first-order chi connectivity index (χ1) is 14.9. The second-order valence-corrected chi connectivity index (χ2v) is 8.94. The molecular formula is C22H25N3O5S. The molecule has 1 aromatic carbocycles. The van der Waals surface area contributed by atoms with Crippen LogP contribution in [0, 0.1) is 11.8 Å². The number of imide groups is 1. The van der Waals surface area contributed by atoms with E-state index < -0.39 is 24.5 Å². The van der Waals surface area contributed by atoms with Gasteiger partial charge in [-0.15, -0.1) is 0 Å². The van der Waals surface area contributed by atoms with E-state index in [1.54, 1.807) is 0 Å². The molecule has 1 aliphatic carbocycles. The average Bonchev–Trinajstić information content (AvgIpc) is 3.31. The molecule has 2 heterocycles. The highest BCUT2D eigenvalue weighted by molar-refractivity contribution is 7.22. The first kappa shape index (κ1) is 21.4. The molecule has 9 heteroatoms. The molecule has 2 aromatic rings. The van der Waals surface area contributed by atoms with Crippen LogP contribution in [0.2, 0.25) is 0 Å². The van der Waals surface area contributed by atoms with Crippen LogP contribution in [0.3, 0.4) is 0 Å². The minimum Gasteiger partial charge on any atom is -0.454 e. The standard InChI is InChI=1S/C22H25N3O5S/c1-3-24(22-23-16-10-6-7-11-17(16)31-22)18(26)12-30-21(29)13(2)25-19(27)14-8-4-5-9-15(14)20(25)28/h6-7,10-11,13-15H,3-5,8-9,12H2,1-2H3. The molecule has 3 amide bonds. The molecule has 31 heavy (non-hydrogen) atoms. The summed E-state index contributed by atoms with van der Waals surface area (Å²) in [4.78, 5) is 57.6. The number of likely N-dealkylation sites (tertiary alicyclic amines) is 1. The lowest BCUT2D eigenvalue weighted by atomic mass is 9.81. The van der Waals surface area contributed by atoms with E-state index in [1.165, 1.54) is 23.2 Å². The highest BCUT2D eigenvalue weighted by atomic mass is 32.1. The second kappa shape index (κ2) is 8.74. The number of anilines is 1.